The van der Waals surface area contributed by atoms with Crippen molar-refractivity contribution in [1.29, 1.82) is 0 Å². The van der Waals surface area contributed by atoms with E-state index in [0.29, 0.717) is 0 Å². The van der Waals surface area contributed by atoms with E-state index in [0.717, 1.165) is 16.5 Å². The van der Waals surface area contributed by atoms with E-state index in [-0.39, 0.29) is 5.97 Å². The molecule has 0 amide bonds. The van der Waals surface area contributed by atoms with Crippen LogP contribution in [0.15, 0.2) is 36.5 Å². The highest BCUT2D eigenvalue weighted by Crippen LogP contribution is 2.20. The van der Waals surface area contributed by atoms with Gasteiger partial charge in [0, 0.05) is 17.7 Å². The van der Waals surface area contributed by atoms with Crippen LogP contribution in [0, 0.1) is 0 Å². The Hall–Kier alpha value is -2.56. The maximum Gasteiger partial charge on any atom is 0.418 e. The number of rotatable bonds is 2. The van der Waals surface area contributed by atoms with Gasteiger partial charge in [0.2, 0.25) is 0 Å². The Morgan fingerprint density at radius 3 is 2.20 bits per heavy atom. The molecule has 2 rings (SSSR count). The number of carbonyl (C=O) groups is 2. The highest BCUT2D eigenvalue weighted by molar-refractivity contribution is 5.92. The molecule has 0 fully saturated rings. The average Bonchev–Trinajstić information content (AvgIpc) is 2.84. The van der Waals surface area contributed by atoms with E-state index in [9.17, 15) is 9.59 Å². The molecule has 0 saturated heterocycles. The minimum atomic E-state index is -0.552. The monoisotopic (exact) mass is 343 g/mol. The quantitative estimate of drug-likeness (QED) is 0.582. The molecule has 0 saturated carbocycles. The van der Waals surface area contributed by atoms with Gasteiger partial charge in [0.05, 0.1) is 5.52 Å². The third-order valence-electron chi connectivity index (χ3n) is 3.12. The molecule has 0 spiro atoms. The van der Waals surface area contributed by atoms with Gasteiger partial charge in [-0.2, -0.15) is 0 Å². The predicted octanol–water partition coefficient (Wildman–Crippen LogP) is 4.78. The summed E-state index contributed by atoms with van der Waals surface area (Å²) in [6.07, 6.45) is 4.36. The zero-order valence-corrected chi connectivity index (χ0v) is 15.6. The molecule has 25 heavy (non-hydrogen) atoms. The Balaban J connectivity index is 2.19. The van der Waals surface area contributed by atoms with Crippen LogP contribution in [0.4, 0.5) is 4.79 Å². The van der Waals surface area contributed by atoms with Gasteiger partial charge < -0.3 is 9.47 Å². The standard InChI is InChI=1S/C20H25NO4/c1-19(2,3)24-17(22)10-8-14-7-9-16-15(13-14)11-12-21(16)18(23)25-20(4,5)6/h7-13H,1-6H3/b10-8+. The van der Waals surface area contributed by atoms with Gasteiger partial charge in [-0.05, 0) is 71.4 Å². The minimum absolute atomic E-state index is 0.390. The van der Waals surface area contributed by atoms with E-state index in [1.54, 1.807) is 12.3 Å². The average molecular weight is 343 g/mol. The molecule has 1 heterocycles. The van der Waals surface area contributed by atoms with E-state index in [4.69, 9.17) is 9.47 Å². The van der Waals surface area contributed by atoms with E-state index in [1.165, 1.54) is 10.6 Å². The van der Waals surface area contributed by atoms with Crippen LogP contribution in [0.5, 0.6) is 0 Å². The summed E-state index contributed by atoms with van der Waals surface area (Å²) in [5.41, 5.74) is 0.531. The third kappa shape index (κ3) is 5.48. The van der Waals surface area contributed by atoms with Crippen molar-refractivity contribution in [2.24, 2.45) is 0 Å². The lowest BCUT2D eigenvalue weighted by atomic mass is 10.1. The number of aromatic nitrogens is 1. The number of hydrogen-bond acceptors (Lipinski definition) is 4. The first-order valence-corrected chi connectivity index (χ1v) is 8.20. The first-order valence-electron chi connectivity index (χ1n) is 8.20. The number of hydrogen-bond donors (Lipinski definition) is 0. The highest BCUT2D eigenvalue weighted by Gasteiger charge is 2.19. The SMILES string of the molecule is CC(C)(C)OC(=O)/C=C/c1ccc2c(ccn2C(=O)OC(C)(C)C)c1. The summed E-state index contributed by atoms with van der Waals surface area (Å²) in [6, 6.07) is 7.40. The Bertz CT molecular complexity index is 816. The van der Waals surface area contributed by atoms with Crippen molar-refractivity contribution in [2.75, 3.05) is 0 Å². The first kappa shape index (κ1) is 18.8. The lowest BCUT2D eigenvalue weighted by Gasteiger charge is -2.19. The Labute approximate surface area is 148 Å². The molecule has 2 aromatic rings. The Morgan fingerprint density at radius 1 is 0.960 bits per heavy atom. The van der Waals surface area contributed by atoms with Gasteiger partial charge in [0.15, 0.2) is 0 Å². The molecule has 0 bridgehead atoms. The van der Waals surface area contributed by atoms with Crippen molar-refractivity contribution in [1.82, 2.24) is 4.57 Å². The van der Waals surface area contributed by atoms with Gasteiger partial charge in [-0.1, -0.05) is 6.07 Å². The zero-order valence-electron chi connectivity index (χ0n) is 15.6. The van der Waals surface area contributed by atoms with Crippen molar-refractivity contribution in [2.45, 2.75) is 52.7 Å². The van der Waals surface area contributed by atoms with Crippen molar-refractivity contribution < 1.29 is 19.1 Å². The van der Waals surface area contributed by atoms with Crippen LogP contribution in [0.25, 0.3) is 17.0 Å². The maximum absolute atomic E-state index is 12.2. The number of carbonyl (C=O) groups excluding carboxylic acids is 2. The number of ether oxygens (including phenoxy) is 2. The van der Waals surface area contributed by atoms with Crippen LogP contribution >= 0.6 is 0 Å². The molecule has 5 nitrogen and oxygen atoms in total. The van der Waals surface area contributed by atoms with E-state index >= 15 is 0 Å². The summed E-state index contributed by atoms with van der Waals surface area (Å²) in [6.45, 7) is 11.0. The van der Waals surface area contributed by atoms with Gasteiger partial charge in [0.25, 0.3) is 0 Å². The number of nitrogens with zero attached hydrogens (tertiary/aromatic N) is 1. The van der Waals surface area contributed by atoms with Gasteiger partial charge in [0.1, 0.15) is 11.2 Å². The fourth-order valence-electron chi connectivity index (χ4n) is 2.24. The van der Waals surface area contributed by atoms with Crippen molar-refractivity contribution >= 4 is 29.0 Å². The summed E-state index contributed by atoms with van der Waals surface area (Å²) >= 11 is 0. The Kier molecular flexibility index (Phi) is 5.07. The van der Waals surface area contributed by atoms with E-state index in [2.05, 4.69) is 0 Å². The molecule has 0 aliphatic heterocycles. The second kappa shape index (κ2) is 6.75. The fraction of sp³-hybridized carbons (Fsp3) is 0.400. The number of fused-ring (bicyclic) bond motifs is 1. The number of esters is 1. The first-order chi connectivity index (χ1) is 11.4. The molecule has 0 N–H and O–H groups in total. The Morgan fingerprint density at radius 2 is 1.60 bits per heavy atom. The van der Waals surface area contributed by atoms with Crippen LogP contribution in [-0.2, 0) is 14.3 Å². The molecule has 0 aliphatic carbocycles. The normalized spacial score (nSPS) is 12.6. The summed E-state index contributed by atoms with van der Waals surface area (Å²) < 4.78 is 12.1. The van der Waals surface area contributed by atoms with E-state index < -0.39 is 17.3 Å². The van der Waals surface area contributed by atoms with Crippen molar-refractivity contribution in [3.8, 4) is 0 Å². The van der Waals surface area contributed by atoms with E-state index in [1.807, 2.05) is 65.8 Å². The second-order valence-corrected chi connectivity index (χ2v) is 7.85. The number of benzene rings is 1. The highest BCUT2D eigenvalue weighted by atomic mass is 16.6. The molecule has 134 valence electrons. The van der Waals surface area contributed by atoms with Gasteiger partial charge in [-0.25, -0.2) is 9.59 Å². The second-order valence-electron chi connectivity index (χ2n) is 7.85. The minimum Gasteiger partial charge on any atom is -0.457 e. The predicted molar refractivity (Wildman–Crippen MR) is 98.4 cm³/mol. The smallest absolute Gasteiger partial charge is 0.418 e. The molecule has 5 heteroatoms. The van der Waals surface area contributed by atoms with Crippen LogP contribution < -0.4 is 0 Å². The zero-order chi connectivity index (χ0) is 18.8. The summed E-state index contributed by atoms with van der Waals surface area (Å²) in [5, 5.41) is 0.886. The van der Waals surface area contributed by atoms with Crippen molar-refractivity contribution in [3.63, 3.8) is 0 Å². The van der Waals surface area contributed by atoms with Gasteiger partial charge in [-0.15, -0.1) is 0 Å². The largest absolute Gasteiger partial charge is 0.457 e. The fourth-order valence-corrected chi connectivity index (χ4v) is 2.24. The lowest BCUT2D eigenvalue weighted by Crippen LogP contribution is -2.26. The lowest BCUT2D eigenvalue weighted by molar-refractivity contribution is -0.148. The summed E-state index contributed by atoms with van der Waals surface area (Å²) in [7, 11) is 0. The van der Waals surface area contributed by atoms with Gasteiger partial charge >= 0.3 is 12.1 Å². The molecule has 0 atom stereocenters. The molecule has 0 unspecified atom stereocenters. The van der Waals surface area contributed by atoms with Crippen molar-refractivity contribution in [3.05, 3.63) is 42.1 Å². The van der Waals surface area contributed by atoms with Gasteiger partial charge in [-0.3, -0.25) is 4.57 Å². The van der Waals surface area contributed by atoms with Crippen LogP contribution in [0.2, 0.25) is 0 Å². The third-order valence-corrected chi connectivity index (χ3v) is 3.12. The summed E-state index contributed by atoms with van der Waals surface area (Å²) in [5.74, 6) is -0.390. The van der Waals surface area contributed by atoms with Crippen LogP contribution in [0.3, 0.4) is 0 Å². The maximum atomic E-state index is 12.2. The van der Waals surface area contributed by atoms with Crippen LogP contribution in [-0.4, -0.2) is 27.8 Å². The molecule has 0 aliphatic rings. The molecular weight excluding hydrogens is 318 g/mol. The molecular formula is C20H25NO4. The molecule has 1 aromatic carbocycles. The van der Waals surface area contributed by atoms with Crippen LogP contribution in [0.1, 0.15) is 47.1 Å². The summed E-state index contributed by atoms with van der Waals surface area (Å²) in [4.78, 5) is 24.0. The molecule has 0 radical (unpaired) electrons. The molecule has 1 aromatic heterocycles. The topological polar surface area (TPSA) is 57.5 Å².